The van der Waals surface area contributed by atoms with Gasteiger partial charge in [0.2, 0.25) is 0 Å². The lowest BCUT2D eigenvalue weighted by Crippen LogP contribution is -2.20. The van der Waals surface area contributed by atoms with E-state index in [0.29, 0.717) is 21.2 Å². The summed E-state index contributed by atoms with van der Waals surface area (Å²) in [6, 6.07) is 9.35. The number of nitrogens with zero attached hydrogens (tertiary/aromatic N) is 1. The third-order valence-electron chi connectivity index (χ3n) is 3.33. The number of methoxy groups -OCH3 is 1. The van der Waals surface area contributed by atoms with Gasteiger partial charge >= 0.3 is 5.97 Å². The van der Waals surface area contributed by atoms with Crippen molar-refractivity contribution in [2.24, 2.45) is 0 Å². The average molecular weight is 344 g/mol. The summed E-state index contributed by atoms with van der Waals surface area (Å²) in [6.07, 6.45) is 0. The summed E-state index contributed by atoms with van der Waals surface area (Å²) in [5.74, 6) is -0.330. The second-order valence-electron chi connectivity index (χ2n) is 4.97. The number of nitriles is 1. The SMILES string of the molecule is COC(=O)c1sc(NC(=O)COc2ccccc2C)c(C#N)c1C. The zero-order chi connectivity index (χ0) is 17.7. The van der Waals surface area contributed by atoms with Gasteiger partial charge in [0.15, 0.2) is 6.61 Å². The van der Waals surface area contributed by atoms with Gasteiger partial charge in [-0.15, -0.1) is 11.3 Å². The smallest absolute Gasteiger partial charge is 0.348 e. The van der Waals surface area contributed by atoms with Gasteiger partial charge in [0.05, 0.1) is 12.7 Å². The number of benzene rings is 1. The maximum Gasteiger partial charge on any atom is 0.348 e. The molecule has 0 atom stereocenters. The first kappa shape index (κ1) is 17.5. The Hall–Kier alpha value is -2.85. The van der Waals surface area contributed by atoms with E-state index < -0.39 is 11.9 Å². The number of para-hydroxylation sites is 1. The van der Waals surface area contributed by atoms with Gasteiger partial charge in [0, 0.05) is 0 Å². The molecular formula is C17H16N2O4S. The van der Waals surface area contributed by atoms with E-state index in [0.717, 1.165) is 16.9 Å². The molecule has 1 aromatic heterocycles. The number of carbonyl (C=O) groups is 2. The highest BCUT2D eigenvalue weighted by Crippen LogP contribution is 2.32. The number of thiophene rings is 1. The minimum absolute atomic E-state index is 0.194. The van der Waals surface area contributed by atoms with Crippen LogP contribution in [-0.2, 0) is 9.53 Å². The van der Waals surface area contributed by atoms with Crippen LogP contribution in [0.5, 0.6) is 5.75 Å². The number of hydrogen-bond acceptors (Lipinski definition) is 6. The number of carbonyl (C=O) groups excluding carboxylic acids is 2. The van der Waals surface area contributed by atoms with E-state index in [2.05, 4.69) is 10.1 Å². The van der Waals surface area contributed by atoms with Crippen LogP contribution in [0.4, 0.5) is 5.00 Å². The number of anilines is 1. The molecule has 1 heterocycles. The van der Waals surface area contributed by atoms with Gasteiger partial charge in [-0.25, -0.2) is 4.79 Å². The summed E-state index contributed by atoms with van der Waals surface area (Å²) in [7, 11) is 1.27. The van der Waals surface area contributed by atoms with Crippen LogP contribution in [0.25, 0.3) is 0 Å². The Labute approximate surface area is 143 Å². The van der Waals surface area contributed by atoms with Gasteiger partial charge in [-0.05, 0) is 31.0 Å². The van der Waals surface area contributed by atoms with Gasteiger partial charge < -0.3 is 14.8 Å². The molecule has 124 valence electrons. The predicted octanol–water partition coefficient (Wildman–Crippen LogP) is 3.04. The molecule has 0 bridgehead atoms. The summed E-state index contributed by atoms with van der Waals surface area (Å²) in [4.78, 5) is 24.1. The molecule has 0 aliphatic heterocycles. The Bertz CT molecular complexity index is 820. The molecule has 0 aliphatic carbocycles. The average Bonchev–Trinajstić information content (AvgIpc) is 2.88. The van der Waals surface area contributed by atoms with Crippen molar-refractivity contribution in [2.45, 2.75) is 13.8 Å². The fourth-order valence-electron chi connectivity index (χ4n) is 2.05. The highest BCUT2D eigenvalue weighted by molar-refractivity contribution is 7.18. The number of hydrogen-bond donors (Lipinski definition) is 1. The summed E-state index contributed by atoms with van der Waals surface area (Å²) in [5.41, 5.74) is 1.66. The zero-order valence-electron chi connectivity index (χ0n) is 13.5. The van der Waals surface area contributed by atoms with Gasteiger partial charge in [-0.3, -0.25) is 4.79 Å². The normalized spacial score (nSPS) is 9.92. The fraction of sp³-hybridized carbons (Fsp3) is 0.235. The van der Waals surface area contributed by atoms with Crippen molar-refractivity contribution in [3.63, 3.8) is 0 Å². The van der Waals surface area contributed by atoms with E-state index in [9.17, 15) is 14.9 Å². The van der Waals surface area contributed by atoms with E-state index in [1.165, 1.54) is 7.11 Å². The Morgan fingerprint density at radius 2 is 2.00 bits per heavy atom. The molecule has 24 heavy (non-hydrogen) atoms. The highest BCUT2D eigenvalue weighted by atomic mass is 32.1. The molecule has 0 unspecified atom stereocenters. The number of amides is 1. The van der Waals surface area contributed by atoms with Gasteiger partial charge in [-0.1, -0.05) is 18.2 Å². The van der Waals surface area contributed by atoms with E-state index >= 15 is 0 Å². The Morgan fingerprint density at radius 1 is 1.29 bits per heavy atom. The molecule has 0 fully saturated rings. The molecule has 6 nitrogen and oxygen atoms in total. The molecule has 0 saturated heterocycles. The molecule has 0 radical (unpaired) electrons. The van der Waals surface area contributed by atoms with Crippen LogP contribution in [-0.4, -0.2) is 25.6 Å². The third-order valence-corrected chi connectivity index (χ3v) is 4.52. The summed E-state index contributed by atoms with van der Waals surface area (Å²) in [6.45, 7) is 3.33. The summed E-state index contributed by atoms with van der Waals surface area (Å²) in [5, 5.41) is 12.2. The Morgan fingerprint density at radius 3 is 2.62 bits per heavy atom. The number of rotatable bonds is 5. The highest BCUT2D eigenvalue weighted by Gasteiger charge is 2.21. The van der Waals surface area contributed by atoms with Crippen molar-refractivity contribution < 1.29 is 19.1 Å². The topological polar surface area (TPSA) is 88.4 Å². The number of ether oxygens (including phenoxy) is 2. The van der Waals surface area contributed by atoms with Crippen LogP contribution >= 0.6 is 11.3 Å². The minimum Gasteiger partial charge on any atom is -0.483 e. The number of nitrogens with one attached hydrogen (secondary N) is 1. The summed E-state index contributed by atoms with van der Waals surface area (Å²) >= 11 is 1.01. The van der Waals surface area contributed by atoms with Crippen molar-refractivity contribution in [2.75, 3.05) is 19.0 Å². The molecule has 2 rings (SSSR count). The van der Waals surface area contributed by atoms with Gasteiger partial charge in [0.25, 0.3) is 5.91 Å². The first-order valence-electron chi connectivity index (χ1n) is 7.08. The number of aryl methyl sites for hydroxylation is 1. The lowest BCUT2D eigenvalue weighted by atomic mass is 10.2. The van der Waals surface area contributed by atoms with E-state index in [1.54, 1.807) is 13.0 Å². The van der Waals surface area contributed by atoms with Gasteiger partial charge in [0.1, 0.15) is 21.7 Å². The number of esters is 1. The predicted molar refractivity (Wildman–Crippen MR) is 90.4 cm³/mol. The molecular weight excluding hydrogens is 328 g/mol. The molecule has 1 aromatic carbocycles. The van der Waals surface area contributed by atoms with E-state index in [1.807, 2.05) is 31.2 Å². The van der Waals surface area contributed by atoms with Crippen LogP contribution in [0.15, 0.2) is 24.3 Å². The molecule has 1 amide bonds. The van der Waals surface area contributed by atoms with Crippen LogP contribution in [0.1, 0.15) is 26.4 Å². The van der Waals surface area contributed by atoms with Gasteiger partial charge in [-0.2, -0.15) is 5.26 Å². The molecule has 7 heteroatoms. The quantitative estimate of drug-likeness (QED) is 0.842. The Balaban J connectivity index is 2.10. The summed E-state index contributed by atoms with van der Waals surface area (Å²) < 4.78 is 10.1. The standard InChI is InChI=1S/C17H16N2O4S/c1-10-6-4-5-7-13(10)23-9-14(20)19-16-12(8-18)11(2)15(24-16)17(21)22-3/h4-7H,9H2,1-3H3,(H,19,20). The first-order chi connectivity index (χ1) is 11.5. The minimum atomic E-state index is -0.536. The van der Waals surface area contributed by atoms with Crippen LogP contribution in [0.3, 0.4) is 0 Å². The van der Waals surface area contributed by atoms with Crippen LogP contribution in [0.2, 0.25) is 0 Å². The van der Waals surface area contributed by atoms with Crippen molar-refractivity contribution in [3.05, 3.63) is 45.8 Å². The second kappa shape index (κ2) is 7.62. The fourth-order valence-corrected chi connectivity index (χ4v) is 3.14. The molecule has 0 saturated carbocycles. The monoisotopic (exact) mass is 344 g/mol. The van der Waals surface area contributed by atoms with Crippen molar-refractivity contribution in [3.8, 4) is 11.8 Å². The molecule has 2 aromatic rings. The third kappa shape index (κ3) is 3.73. The second-order valence-corrected chi connectivity index (χ2v) is 5.99. The maximum atomic E-state index is 12.1. The largest absolute Gasteiger partial charge is 0.483 e. The lowest BCUT2D eigenvalue weighted by Gasteiger charge is -2.08. The Kier molecular flexibility index (Phi) is 5.55. The van der Waals surface area contributed by atoms with Crippen molar-refractivity contribution in [1.29, 1.82) is 5.26 Å². The first-order valence-corrected chi connectivity index (χ1v) is 7.89. The lowest BCUT2D eigenvalue weighted by molar-refractivity contribution is -0.118. The van der Waals surface area contributed by atoms with E-state index in [4.69, 9.17) is 4.74 Å². The van der Waals surface area contributed by atoms with Crippen LogP contribution in [0, 0.1) is 25.2 Å². The maximum absolute atomic E-state index is 12.1. The molecule has 0 spiro atoms. The molecule has 0 aliphatic rings. The van der Waals surface area contributed by atoms with Crippen molar-refractivity contribution in [1.82, 2.24) is 0 Å². The van der Waals surface area contributed by atoms with Crippen LogP contribution < -0.4 is 10.1 Å². The van der Waals surface area contributed by atoms with Crippen molar-refractivity contribution >= 4 is 28.2 Å². The van der Waals surface area contributed by atoms with E-state index in [-0.39, 0.29) is 12.2 Å². The molecule has 1 N–H and O–H groups in total. The zero-order valence-corrected chi connectivity index (χ0v) is 14.3.